The zero-order valence-corrected chi connectivity index (χ0v) is 29.4. The Kier molecular flexibility index (Phi) is 11.0. The minimum atomic E-state index is -1.01. The molecule has 48 heavy (non-hydrogen) atoms. The molecule has 254 valence electrons. The summed E-state index contributed by atoms with van der Waals surface area (Å²) in [6.07, 6.45) is -0.619. The molecule has 0 aliphatic carbocycles. The highest BCUT2D eigenvalue weighted by molar-refractivity contribution is 8.05. The number of fused-ring (bicyclic) bond motifs is 1. The van der Waals surface area contributed by atoms with Gasteiger partial charge in [0.05, 0.1) is 0 Å². The number of rotatable bonds is 12. The maximum absolute atomic E-state index is 14.0. The first-order valence-corrected chi connectivity index (χ1v) is 18.1. The molecule has 3 N–H and O–H groups in total. The Morgan fingerprint density at radius 1 is 1.12 bits per heavy atom. The zero-order chi connectivity index (χ0) is 34.5. The van der Waals surface area contributed by atoms with Crippen LogP contribution < -0.4 is 11.1 Å². The van der Waals surface area contributed by atoms with Crippen LogP contribution in [0, 0.1) is 0 Å². The maximum atomic E-state index is 14.0. The Balaban J connectivity index is 1.28. The molecule has 2 aromatic carbocycles. The van der Waals surface area contributed by atoms with Crippen molar-refractivity contribution in [2.75, 3.05) is 30.4 Å². The molecule has 2 fully saturated rings. The number of esters is 2. The van der Waals surface area contributed by atoms with E-state index in [1.807, 2.05) is 67.6 Å². The second-order valence-electron chi connectivity index (χ2n) is 12.0. The van der Waals surface area contributed by atoms with Gasteiger partial charge in [0.25, 0.3) is 5.91 Å². The van der Waals surface area contributed by atoms with Crippen molar-refractivity contribution < 1.29 is 33.5 Å². The number of oxime groups is 1. The monoisotopic (exact) mass is 711 g/mol. The van der Waals surface area contributed by atoms with E-state index in [0.29, 0.717) is 11.5 Å². The SMILES string of the molecule is CCSC1(C(=O)OC(c2ccccc2)c2ccccc2)CS[C@@H]2C(NC(=O)C(=NOCC(=O)OC(C)(C)C)c3csc(N)n3)C(=O)N2C1. The normalized spacial score (nSPS) is 20.8. The molecule has 0 saturated carbocycles. The van der Waals surface area contributed by atoms with Crippen molar-refractivity contribution in [1.82, 2.24) is 15.2 Å². The highest BCUT2D eigenvalue weighted by atomic mass is 32.2. The van der Waals surface area contributed by atoms with Crippen molar-refractivity contribution >= 4 is 69.5 Å². The fraction of sp³-hybridized carbons (Fsp3) is 0.394. The van der Waals surface area contributed by atoms with Crippen molar-refractivity contribution in [3.05, 3.63) is 82.9 Å². The van der Waals surface area contributed by atoms with Crippen molar-refractivity contribution in [3.8, 4) is 0 Å². The molecular weight excluding hydrogens is 675 g/mol. The summed E-state index contributed by atoms with van der Waals surface area (Å²) in [6, 6.07) is 18.2. The van der Waals surface area contributed by atoms with Crippen LogP contribution in [0.3, 0.4) is 0 Å². The first kappa shape index (κ1) is 35.2. The number of hydrogen-bond acceptors (Lipinski definition) is 13. The topological polar surface area (TPSA) is 163 Å². The molecule has 0 radical (unpaired) electrons. The number of thioether (sulfide) groups is 2. The summed E-state index contributed by atoms with van der Waals surface area (Å²) >= 11 is 3.95. The Bertz CT molecular complexity index is 1620. The number of amides is 2. The van der Waals surface area contributed by atoms with Crippen LogP contribution in [0.15, 0.2) is 71.2 Å². The van der Waals surface area contributed by atoms with Crippen LogP contribution in [0.4, 0.5) is 5.13 Å². The molecule has 2 unspecified atom stereocenters. The number of hydrogen-bond donors (Lipinski definition) is 2. The van der Waals surface area contributed by atoms with Crippen LogP contribution in [0.5, 0.6) is 0 Å². The lowest BCUT2D eigenvalue weighted by Crippen LogP contribution is -2.75. The van der Waals surface area contributed by atoms with Gasteiger partial charge in [-0.3, -0.25) is 14.4 Å². The van der Waals surface area contributed by atoms with Crippen LogP contribution in [-0.2, 0) is 33.5 Å². The van der Waals surface area contributed by atoms with Gasteiger partial charge >= 0.3 is 11.9 Å². The maximum Gasteiger partial charge on any atom is 0.347 e. The number of nitrogens with one attached hydrogen (secondary N) is 1. The Labute approximate surface area is 291 Å². The molecule has 5 rings (SSSR count). The van der Waals surface area contributed by atoms with E-state index >= 15 is 0 Å². The van der Waals surface area contributed by atoms with Gasteiger partial charge in [0.15, 0.2) is 16.9 Å². The van der Waals surface area contributed by atoms with Gasteiger partial charge in [0.2, 0.25) is 12.5 Å². The molecule has 3 aromatic rings. The third-order valence-electron chi connectivity index (χ3n) is 7.30. The summed E-state index contributed by atoms with van der Waals surface area (Å²) in [5.41, 5.74) is 6.63. The number of benzene rings is 2. The highest BCUT2D eigenvalue weighted by Crippen LogP contribution is 2.45. The number of nitrogens with two attached hydrogens (primary N) is 1. The third-order valence-corrected chi connectivity index (χ3v) is 11.0. The largest absolute Gasteiger partial charge is 0.457 e. The summed E-state index contributed by atoms with van der Waals surface area (Å²) in [4.78, 5) is 63.9. The molecule has 1 aromatic heterocycles. The summed E-state index contributed by atoms with van der Waals surface area (Å²) < 4.78 is 10.5. The van der Waals surface area contributed by atoms with E-state index in [2.05, 4.69) is 15.5 Å². The molecule has 12 nitrogen and oxygen atoms in total. The fourth-order valence-corrected chi connectivity index (χ4v) is 8.65. The number of nitrogens with zero attached hydrogens (tertiary/aromatic N) is 3. The predicted molar refractivity (Wildman–Crippen MR) is 186 cm³/mol. The first-order chi connectivity index (χ1) is 22.9. The van der Waals surface area contributed by atoms with Crippen LogP contribution in [0.1, 0.15) is 50.6 Å². The van der Waals surface area contributed by atoms with Gasteiger partial charge < -0.3 is 30.3 Å². The van der Waals surface area contributed by atoms with E-state index in [4.69, 9.17) is 20.0 Å². The summed E-state index contributed by atoms with van der Waals surface area (Å²) in [6.45, 7) is 6.70. The van der Waals surface area contributed by atoms with E-state index in [1.165, 1.54) is 28.9 Å². The smallest absolute Gasteiger partial charge is 0.347 e. The van der Waals surface area contributed by atoms with Crippen molar-refractivity contribution in [1.29, 1.82) is 0 Å². The summed E-state index contributed by atoms with van der Waals surface area (Å²) in [5.74, 6) is -1.15. The minimum absolute atomic E-state index is 0.131. The van der Waals surface area contributed by atoms with Gasteiger partial charge in [-0.25, -0.2) is 9.78 Å². The van der Waals surface area contributed by atoms with Crippen LogP contribution in [0.25, 0.3) is 0 Å². The average Bonchev–Trinajstić information content (AvgIpc) is 3.49. The molecule has 2 saturated heterocycles. The molecule has 2 aliphatic heterocycles. The molecule has 3 heterocycles. The fourth-order valence-electron chi connectivity index (χ4n) is 5.23. The number of anilines is 1. The summed E-state index contributed by atoms with van der Waals surface area (Å²) in [7, 11) is 0. The third kappa shape index (κ3) is 8.13. The summed E-state index contributed by atoms with van der Waals surface area (Å²) in [5, 5.41) is 7.91. The Morgan fingerprint density at radius 3 is 2.33 bits per heavy atom. The lowest BCUT2D eigenvalue weighted by atomic mass is 10.00. The van der Waals surface area contributed by atoms with E-state index in [1.54, 1.807) is 25.7 Å². The van der Waals surface area contributed by atoms with Crippen LogP contribution in [0.2, 0.25) is 0 Å². The second kappa shape index (κ2) is 15.0. The van der Waals surface area contributed by atoms with Crippen molar-refractivity contribution in [2.45, 2.75) is 55.6 Å². The molecular formula is C33H37N5O7S3. The molecule has 2 amide bonds. The van der Waals surface area contributed by atoms with E-state index < -0.39 is 52.3 Å². The quantitative estimate of drug-likeness (QED) is 0.121. The number of nitrogen functional groups attached to an aromatic ring is 1. The number of ether oxygens (including phenoxy) is 2. The molecule has 15 heteroatoms. The van der Waals surface area contributed by atoms with Gasteiger partial charge in [0, 0.05) is 17.7 Å². The number of β-lactam (4-membered cyclic amide) rings is 1. The minimum Gasteiger partial charge on any atom is -0.457 e. The molecule has 0 spiro atoms. The van der Waals surface area contributed by atoms with Crippen LogP contribution >= 0.6 is 34.9 Å². The van der Waals surface area contributed by atoms with E-state index in [-0.39, 0.29) is 29.0 Å². The van der Waals surface area contributed by atoms with Gasteiger partial charge in [-0.05, 0) is 37.7 Å². The predicted octanol–water partition coefficient (Wildman–Crippen LogP) is 4.01. The van der Waals surface area contributed by atoms with Crippen molar-refractivity contribution in [2.24, 2.45) is 5.16 Å². The van der Waals surface area contributed by atoms with E-state index in [0.717, 1.165) is 22.5 Å². The van der Waals surface area contributed by atoms with E-state index in [9.17, 15) is 19.2 Å². The molecule has 0 bridgehead atoms. The molecule has 2 aliphatic rings. The molecule has 3 atom stereocenters. The lowest BCUT2D eigenvalue weighted by molar-refractivity contribution is -0.160. The standard InChI is InChI=1S/C33H37N5O7S3/c1-5-48-33(30(42)44-26(20-12-8-6-9-13-20)21-14-10-7-11-15-21)18-38-28(41)25(29(38)47-19-33)36-27(40)24(22-17-46-31(34)35-22)37-43-16-23(39)45-32(2,3)4/h6-15,17,25-26,29H,5,16,18-19H2,1-4H3,(H2,34,35)(H,36,40)/t25?,29-,33?/m1/s1. The van der Waals surface area contributed by atoms with Gasteiger partial charge in [-0.15, -0.1) is 34.9 Å². The van der Waals surface area contributed by atoms with Crippen molar-refractivity contribution in [3.63, 3.8) is 0 Å². The average molecular weight is 712 g/mol. The van der Waals surface area contributed by atoms with Gasteiger partial charge in [-0.1, -0.05) is 72.7 Å². The Morgan fingerprint density at radius 2 is 1.77 bits per heavy atom. The number of aromatic nitrogens is 1. The number of carbonyl (C=O) groups is 4. The number of carbonyl (C=O) groups excluding carboxylic acids is 4. The van der Waals surface area contributed by atoms with Gasteiger partial charge in [0.1, 0.15) is 27.5 Å². The number of thiazole rings is 1. The first-order valence-electron chi connectivity index (χ1n) is 15.2. The second-order valence-corrected chi connectivity index (χ2v) is 15.7. The van der Waals surface area contributed by atoms with Gasteiger partial charge in [-0.2, -0.15) is 0 Å². The lowest BCUT2D eigenvalue weighted by Gasteiger charge is -2.53. The Hall–Kier alpha value is -4.08. The zero-order valence-electron chi connectivity index (χ0n) is 26.9. The van der Waals surface area contributed by atoms with Crippen LogP contribution in [-0.4, -0.2) is 85.8 Å². The highest BCUT2D eigenvalue weighted by Gasteiger charge is 2.58.